The molecule has 18 heavy (non-hydrogen) atoms. The summed E-state index contributed by atoms with van der Waals surface area (Å²) in [6, 6.07) is 8.67. The molecule has 100 valence electrons. The molecule has 0 heterocycles. The molecule has 2 rings (SSSR count). The molecule has 1 aromatic rings. The molecular weight excluding hydrogens is 222 g/mol. The van der Waals surface area contributed by atoms with Crippen molar-refractivity contribution in [2.45, 2.75) is 58.1 Å². The number of hydrogen-bond donors (Lipinski definition) is 2. The van der Waals surface area contributed by atoms with Crippen LogP contribution in [0.1, 0.15) is 51.0 Å². The summed E-state index contributed by atoms with van der Waals surface area (Å²) in [5, 5.41) is 12.9. The maximum atomic E-state index is 9.32. The number of rotatable bonds is 5. The van der Waals surface area contributed by atoms with Crippen LogP contribution in [0.4, 0.5) is 5.69 Å². The number of anilines is 1. The molecule has 0 aromatic heterocycles. The normalized spacial score (nSPS) is 23.9. The zero-order valence-corrected chi connectivity index (χ0v) is 11.4. The second-order valence-electron chi connectivity index (χ2n) is 5.47. The monoisotopic (exact) mass is 247 g/mol. The molecule has 0 bridgehead atoms. The Bertz CT molecular complexity index is 356. The van der Waals surface area contributed by atoms with Crippen LogP contribution in [-0.2, 0) is 6.61 Å². The Morgan fingerprint density at radius 1 is 1.17 bits per heavy atom. The summed E-state index contributed by atoms with van der Waals surface area (Å²) in [6.07, 6.45) is 7.95. The van der Waals surface area contributed by atoms with Gasteiger partial charge in [-0.3, -0.25) is 0 Å². The van der Waals surface area contributed by atoms with E-state index in [1.807, 2.05) is 18.2 Å². The second kappa shape index (κ2) is 6.79. The van der Waals surface area contributed by atoms with E-state index in [2.05, 4.69) is 18.3 Å². The van der Waals surface area contributed by atoms with Crippen molar-refractivity contribution in [3.05, 3.63) is 29.8 Å². The number of aliphatic hydroxyl groups is 1. The van der Waals surface area contributed by atoms with Gasteiger partial charge in [-0.15, -0.1) is 0 Å². The summed E-state index contributed by atoms with van der Waals surface area (Å²) < 4.78 is 0. The van der Waals surface area contributed by atoms with Crippen molar-refractivity contribution in [1.82, 2.24) is 0 Å². The zero-order valence-electron chi connectivity index (χ0n) is 11.4. The minimum absolute atomic E-state index is 0.119. The molecule has 1 aliphatic rings. The standard InChI is InChI=1S/C16H25NO/c1-2-5-13-8-10-15(11-9-13)17-16-7-4-3-6-14(16)12-18/h3-4,6-7,13,15,17-18H,2,5,8-12H2,1H3. The smallest absolute Gasteiger partial charge is 0.0701 e. The van der Waals surface area contributed by atoms with E-state index in [1.54, 1.807) is 0 Å². The van der Waals surface area contributed by atoms with Gasteiger partial charge in [0, 0.05) is 17.3 Å². The lowest BCUT2D eigenvalue weighted by Gasteiger charge is -2.30. The molecule has 0 saturated heterocycles. The Hall–Kier alpha value is -1.02. The Balaban J connectivity index is 1.87. The molecule has 1 saturated carbocycles. The predicted molar refractivity (Wildman–Crippen MR) is 76.6 cm³/mol. The Labute approximate surface area is 110 Å². The van der Waals surface area contributed by atoms with Crippen LogP contribution in [0.5, 0.6) is 0 Å². The van der Waals surface area contributed by atoms with Crippen LogP contribution < -0.4 is 5.32 Å². The van der Waals surface area contributed by atoms with Crippen molar-refractivity contribution >= 4 is 5.69 Å². The van der Waals surface area contributed by atoms with E-state index in [1.165, 1.54) is 38.5 Å². The van der Waals surface area contributed by atoms with Crippen LogP contribution in [0.15, 0.2) is 24.3 Å². The van der Waals surface area contributed by atoms with E-state index in [0.717, 1.165) is 17.2 Å². The summed E-state index contributed by atoms with van der Waals surface area (Å²) in [5.74, 6) is 0.945. The molecule has 0 unspecified atom stereocenters. The number of hydrogen-bond acceptors (Lipinski definition) is 2. The van der Waals surface area contributed by atoms with Gasteiger partial charge in [-0.1, -0.05) is 38.0 Å². The molecule has 1 aliphatic carbocycles. The van der Waals surface area contributed by atoms with Gasteiger partial charge in [-0.05, 0) is 37.7 Å². The lowest BCUT2D eigenvalue weighted by Crippen LogP contribution is -2.26. The van der Waals surface area contributed by atoms with Crippen LogP contribution in [0, 0.1) is 5.92 Å². The number of aliphatic hydroxyl groups excluding tert-OH is 1. The van der Waals surface area contributed by atoms with E-state index in [9.17, 15) is 5.11 Å². The van der Waals surface area contributed by atoms with Crippen LogP contribution in [0.25, 0.3) is 0 Å². The number of nitrogens with one attached hydrogen (secondary N) is 1. The number of benzene rings is 1. The molecule has 2 nitrogen and oxygen atoms in total. The Morgan fingerprint density at radius 3 is 2.56 bits per heavy atom. The Morgan fingerprint density at radius 2 is 1.89 bits per heavy atom. The van der Waals surface area contributed by atoms with E-state index in [4.69, 9.17) is 0 Å². The largest absolute Gasteiger partial charge is 0.392 e. The highest BCUT2D eigenvalue weighted by molar-refractivity contribution is 5.51. The third-order valence-corrected chi connectivity index (χ3v) is 4.09. The highest BCUT2D eigenvalue weighted by atomic mass is 16.3. The molecule has 2 heteroatoms. The van der Waals surface area contributed by atoms with Gasteiger partial charge in [0.1, 0.15) is 0 Å². The summed E-state index contributed by atoms with van der Waals surface area (Å²) in [6.45, 7) is 2.40. The van der Waals surface area contributed by atoms with Crippen molar-refractivity contribution in [3.63, 3.8) is 0 Å². The first kappa shape index (κ1) is 13.4. The summed E-state index contributed by atoms with van der Waals surface area (Å²) >= 11 is 0. The van der Waals surface area contributed by atoms with Crippen molar-refractivity contribution in [1.29, 1.82) is 0 Å². The van der Waals surface area contributed by atoms with Gasteiger partial charge in [0.25, 0.3) is 0 Å². The van der Waals surface area contributed by atoms with E-state index in [-0.39, 0.29) is 6.61 Å². The quantitative estimate of drug-likeness (QED) is 0.825. The molecule has 2 N–H and O–H groups in total. The maximum absolute atomic E-state index is 9.32. The maximum Gasteiger partial charge on any atom is 0.0701 e. The van der Waals surface area contributed by atoms with Crippen LogP contribution in [-0.4, -0.2) is 11.1 Å². The molecule has 1 aromatic carbocycles. The topological polar surface area (TPSA) is 32.3 Å². The van der Waals surface area contributed by atoms with Crippen molar-refractivity contribution in [2.75, 3.05) is 5.32 Å². The van der Waals surface area contributed by atoms with Gasteiger partial charge < -0.3 is 10.4 Å². The highest BCUT2D eigenvalue weighted by Gasteiger charge is 2.20. The Kier molecular flexibility index (Phi) is 5.06. The molecule has 0 aliphatic heterocycles. The summed E-state index contributed by atoms with van der Waals surface area (Å²) in [4.78, 5) is 0. The minimum atomic E-state index is 0.119. The first-order valence-electron chi connectivity index (χ1n) is 7.28. The van der Waals surface area contributed by atoms with Crippen molar-refractivity contribution in [3.8, 4) is 0 Å². The fourth-order valence-corrected chi connectivity index (χ4v) is 3.02. The SMILES string of the molecule is CCCC1CCC(Nc2ccccc2CO)CC1. The number of para-hydroxylation sites is 1. The van der Waals surface area contributed by atoms with Crippen LogP contribution in [0.3, 0.4) is 0 Å². The lowest BCUT2D eigenvalue weighted by molar-refractivity contribution is 0.282. The average molecular weight is 247 g/mol. The first-order chi connectivity index (χ1) is 8.83. The summed E-state index contributed by atoms with van der Waals surface area (Å²) in [7, 11) is 0. The van der Waals surface area contributed by atoms with Crippen LogP contribution in [0.2, 0.25) is 0 Å². The minimum Gasteiger partial charge on any atom is -0.392 e. The predicted octanol–water partition coefficient (Wildman–Crippen LogP) is 3.95. The molecule has 0 spiro atoms. The lowest BCUT2D eigenvalue weighted by atomic mass is 9.83. The van der Waals surface area contributed by atoms with Gasteiger partial charge in [0.15, 0.2) is 0 Å². The van der Waals surface area contributed by atoms with E-state index < -0.39 is 0 Å². The second-order valence-corrected chi connectivity index (χ2v) is 5.47. The van der Waals surface area contributed by atoms with Gasteiger partial charge in [-0.2, -0.15) is 0 Å². The first-order valence-corrected chi connectivity index (χ1v) is 7.28. The third-order valence-electron chi connectivity index (χ3n) is 4.09. The molecule has 0 radical (unpaired) electrons. The zero-order chi connectivity index (χ0) is 12.8. The van der Waals surface area contributed by atoms with Gasteiger partial charge >= 0.3 is 0 Å². The fraction of sp³-hybridized carbons (Fsp3) is 0.625. The van der Waals surface area contributed by atoms with Crippen molar-refractivity contribution < 1.29 is 5.11 Å². The van der Waals surface area contributed by atoms with E-state index >= 15 is 0 Å². The molecule has 1 fully saturated rings. The van der Waals surface area contributed by atoms with Gasteiger partial charge in [0.05, 0.1) is 6.61 Å². The highest BCUT2D eigenvalue weighted by Crippen LogP contribution is 2.30. The average Bonchev–Trinajstić information content (AvgIpc) is 2.42. The molecule has 0 amide bonds. The molecule has 0 atom stereocenters. The third kappa shape index (κ3) is 3.49. The van der Waals surface area contributed by atoms with Crippen molar-refractivity contribution in [2.24, 2.45) is 5.92 Å². The van der Waals surface area contributed by atoms with Gasteiger partial charge in [-0.25, -0.2) is 0 Å². The summed E-state index contributed by atoms with van der Waals surface area (Å²) in [5.41, 5.74) is 2.12. The van der Waals surface area contributed by atoms with Gasteiger partial charge in [0.2, 0.25) is 0 Å². The molecular formula is C16H25NO. The fourth-order valence-electron chi connectivity index (χ4n) is 3.02. The van der Waals surface area contributed by atoms with Crippen LogP contribution >= 0.6 is 0 Å². The van der Waals surface area contributed by atoms with E-state index in [0.29, 0.717) is 6.04 Å².